The van der Waals surface area contributed by atoms with Crippen molar-refractivity contribution < 1.29 is 5.11 Å². The highest BCUT2D eigenvalue weighted by Gasteiger charge is 2.26. The fraction of sp³-hybridized carbons (Fsp3) is 0.333. The van der Waals surface area contributed by atoms with E-state index < -0.39 is 0 Å². The summed E-state index contributed by atoms with van der Waals surface area (Å²) in [5, 5.41) is 9.09. The number of β-amino-alcohol motifs (C(OH)–C–C–N with tert-alkyl or cyclic N) is 1. The van der Waals surface area contributed by atoms with E-state index in [4.69, 9.17) is 5.11 Å². The first kappa shape index (κ1) is 8.19. The molecule has 0 saturated carbocycles. The molecule has 0 aromatic carbocycles. The molecule has 0 aliphatic carbocycles. The number of aliphatic hydroxyl groups excluding tert-OH is 1. The van der Waals surface area contributed by atoms with Gasteiger partial charge in [0, 0.05) is 19.3 Å². The summed E-state index contributed by atoms with van der Waals surface area (Å²) < 4.78 is 0. The normalized spacial score (nSPS) is 16.8. The minimum Gasteiger partial charge on any atom is -0.389 e. The van der Waals surface area contributed by atoms with Gasteiger partial charge in [-0.3, -0.25) is 0 Å². The van der Waals surface area contributed by atoms with Gasteiger partial charge in [-0.1, -0.05) is 6.58 Å². The van der Waals surface area contributed by atoms with E-state index in [0.717, 1.165) is 5.69 Å². The summed E-state index contributed by atoms with van der Waals surface area (Å²) in [6, 6.07) is 1.80. The largest absolute Gasteiger partial charge is 0.389 e. The standard InChI is InChI=1S/C9H11N3O/c1-2-7-3-4-10-9(11-7)12-5-8(13)6-12/h2-4,8,13H,1,5-6H2. The minimum atomic E-state index is -0.226. The zero-order valence-corrected chi connectivity index (χ0v) is 7.22. The van der Waals surface area contributed by atoms with Gasteiger partial charge >= 0.3 is 0 Å². The van der Waals surface area contributed by atoms with E-state index in [-0.39, 0.29) is 6.10 Å². The number of nitrogens with zero attached hydrogens (tertiary/aromatic N) is 3. The van der Waals surface area contributed by atoms with Gasteiger partial charge in [-0.2, -0.15) is 0 Å². The van der Waals surface area contributed by atoms with E-state index in [2.05, 4.69) is 16.5 Å². The number of anilines is 1. The maximum absolute atomic E-state index is 9.09. The molecule has 1 aromatic heterocycles. The first-order valence-corrected chi connectivity index (χ1v) is 4.18. The van der Waals surface area contributed by atoms with E-state index in [1.807, 2.05) is 4.90 Å². The fourth-order valence-electron chi connectivity index (χ4n) is 1.25. The molecule has 1 saturated heterocycles. The SMILES string of the molecule is C=Cc1ccnc(N2CC(O)C2)n1. The molecule has 4 heteroatoms. The average Bonchev–Trinajstić information content (AvgIpc) is 2.13. The Morgan fingerprint density at radius 1 is 1.62 bits per heavy atom. The third kappa shape index (κ3) is 1.53. The quantitative estimate of drug-likeness (QED) is 0.706. The van der Waals surface area contributed by atoms with Gasteiger partial charge in [-0.05, 0) is 12.1 Å². The Hall–Kier alpha value is -1.42. The van der Waals surface area contributed by atoms with Crippen molar-refractivity contribution in [3.8, 4) is 0 Å². The number of hydrogen-bond donors (Lipinski definition) is 1. The average molecular weight is 177 g/mol. The topological polar surface area (TPSA) is 49.2 Å². The highest BCUT2D eigenvalue weighted by atomic mass is 16.3. The molecule has 0 radical (unpaired) electrons. The molecule has 0 spiro atoms. The maximum atomic E-state index is 9.09. The minimum absolute atomic E-state index is 0.226. The van der Waals surface area contributed by atoms with E-state index >= 15 is 0 Å². The van der Waals surface area contributed by atoms with Crippen molar-refractivity contribution in [3.63, 3.8) is 0 Å². The zero-order chi connectivity index (χ0) is 9.26. The Morgan fingerprint density at radius 2 is 2.38 bits per heavy atom. The molecule has 1 aliphatic heterocycles. The van der Waals surface area contributed by atoms with Gasteiger partial charge in [0.1, 0.15) is 0 Å². The summed E-state index contributed by atoms with van der Waals surface area (Å²) in [7, 11) is 0. The summed E-state index contributed by atoms with van der Waals surface area (Å²) >= 11 is 0. The molecule has 1 aliphatic rings. The second-order valence-electron chi connectivity index (χ2n) is 3.04. The molecular formula is C9H11N3O. The van der Waals surface area contributed by atoms with Crippen LogP contribution in [0.4, 0.5) is 5.95 Å². The molecule has 1 N–H and O–H groups in total. The van der Waals surface area contributed by atoms with Gasteiger partial charge in [-0.15, -0.1) is 0 Å². The number of hydrogen-bond acceptors (Lipinski definition) is 4. The third-order valence-electron chi connectivity index (χ3n) is 2.02. The van der Waals surface area contributed by atoms with Gasteiger partial charge < -0.3 is 10.0 Å². The lowest BCUT2D eigenvalue weighted by Gasteiger charge is -2.35. The van der Waals surface area contributed by atoms with Crippen LogP contribution in [0.2, 0.25) is 0 Å². The number of aromatic nitrogens is 2. The molecule has 4 nitrogen and oxygen atoms in total. The lowest BCUT2D eigenvalue weighted by atomic mass is 10.2. The Bertz CT molecular complexity index is 320. The lowest BCUT2D eigenvalue weighted by Crippen LogP contribution is -2.51. The molecule has 0 bridgehead atoms. The first-order chi connectivity index (χ1) is 6.29. The Labute approximate surface area is 76.6 Å². The Kier molecular flexibility index (Phi) is 1.98. The van der Waals surface area contributed by atoms with E-state index in [1.165, 1.54) is 0 Å². The summed E-state index contributed by atoms with van der Waals surface area (Å²) in [6.07, 6.45) is 3.15. The molecule has 13 heavy (non-hydrogen) atoms. The van der Waals surface area contributed by atoms with Crippen molar-refractivity contribution in [2.75, 3.05) is 18.0 Å². The van der Waals surface area contributed by atoms with Crippen LogP contribution in [0, 0.1) is 0 Å². The van der Waals surface area contributed by atoms with Gasteiger partial charge in [-0.25, -0.2) is 9.97 Å². The molecule has 0 amide bonds. The van der Waals surface area contributed by atoms with Crippen LogP contribution in [0.1, 0.15) is 5.69 Å². The zero-order valence-electron chi connectivity index (χ0n) is 7.22. The summed E-state index contributed by atoms with van der Waals surface area (Å²) in [5.41, 5.74) is 0.811. The van der Waals surface area contributed by atoms with Crippen molar-refractivity contribution in [1.82, 2.24) is 9.97 Å². The van der Waals surface area contributed by atoms with E-state index in [1.54, 1.807) is 18.3 Å². The third-order valence-corrected chi connectivity index (χ3v) is 2.02. The van der Waals surface area contributed by atoms with Crippen LogP contribution >= 0.6 is 0 Å². The van der Waals surface area contributed by atoms with Crippen LogP contribution in [-0.4, -0.2) is 34.3 Å². The van der Waals surface area contributed by atoms with E-state index in [0.29, 0.717) is 19.0 Å². The Morgan fingerprint density at radius 3 is 3.00 bits per heavy atom. The van der Waals surface area contributed by atoms with Crippen molar-refractivity contribution in [2.24, 2.45) is 0 Å². The van der Waals surface area contributed by atoms with Crippen LogP contribution in [0.3, 0.4) is 0 Å². The number of aliphatic hydroxyl groups is 1. The molecule has 0 atom stereocenters. The first-order valence-electron chi connectivity index (χ1n) is 4.18. The second kappa shape index (κ2) is 3.14. The van der Waals surface area contributed by atoms with Crippen LogP contribution in [-0.2, 0) is 0 Å². The smallest absolute Gasteiger partial charge is 0.226 e. The van der Waals surface area contributed by atoms with Gasteiger partial charge in [0.05, 0.1) is 11.8 Å². The van der Waals surface area contributed by atoms with Gasteiger partial charge in [0.15, 0.2) is 0 Å². The molecule has 68 valence electrons. The van der Waals surface area contributed by atoms with Crippen LogP contribution in [0.15, 0.2) is 18.8 Å². The summed E-state index contributed by atoms with van der Waals surface area (Å²) in [6.45, 7) is 4.88. The molecule has 1 fully saturated rings. The molecule has 2 rings (SSSR count). The maximum Gasteiger partial charge on any atom is 0.226 e. The van der Waals surface area contributed by atoms with Gasteiger partial charge in [0.25, 0.3) is 0 Å². The monoisotopic (exact) mass is 177 g/mol. The van der Waals surface area contributed by atoms with Crippen LogP contribution in [0.5, 0.6) is 0 Å². The summed E-state index contributed by atoms with van der Waals surface area (Å²) in [5.74, 6) is 0.669. The molecule has 0 unspecified atom stereocenters. The Balaban J connectivity index is 2.16. The fourth-order valence-corrected chi connectivity index (χ4v) is 1.25. The van der Waals surface area contributed by atoms with Crippen molar-refractivity contribution in [2.45, 2.75) is 6.10 Å². The molecule has 2 heterocycles. The highest BCUT2D eigenvalue weighted by Crippen LogP contribution is 2.15. The van der Waals surface area contributed by atoms with Crippen molar-refractivity contribution in [3.05, 3.63) is 24.5 Å². The molecular weight excluding hydrogens is 166 g/mol. The van der Waals surface area contributed by atoms with Crippen molar-refractivity contribution >= 4 is 12.0 Å². The van der Waals surface area contributed by atoms with Crippen LogP contribution < -0.4 is 4.90 Å². The van der Waals surface area contributed by atoms with Gasteiger partial charge in [0.2, 0.25) is 5.95 Å². The second-order valence-corrected chi connectivity index (χ2v) is 3.04. The highest BCUT2D eigenvalue weighted by molar-refractivity contribution is 5.45. The van der Waals surface area contributed by atoms with Crippen molar-refractivity contribution in [1.29, 1.82) is 0 Å². The molecule has 1 aromatic rings. The van der Waals surface area contributed by atoms with E-state index in [9.17, 15) is 0 Å². The van der Waals surface area contributed by atoms with Crippen LogP contribution in [0.25, 0.3) is 6.08 Å². The predicted molar refractivity (Wildman–Crippen MR) is 50.3 cm³/mol. The predicted octanol–water partition coefficient (Wildman–Crippen LogP) is 0.301. The number of rotatable bonds is 2. The summed E-state index contributed by atoms with van der Waals surface area (Å²) in [4.78, 5) is 10.3. The lowest BCUT2D eigenvalue weighted by molar-refractivity contribution is 0.140.